The molecule has 22 heavy (non-hydrogen) atoms. The Morgan fingerprint density at radius 2 is 2.23 bits per heavy atom. The predicted octanol–water partition coefficient (Wildman–Crippen LogP) is 1.68. The van der Waals surface area contributed by atoms with Crippen LogP contribution in [0.15, 0.2) is 39.8 Å². The fourth-order valence-corrected chi connectivity index (χ4v) is 2.61. The molecule has 0 aliphatic carbocycles. The van der Waals surface area contributed by atoms with Crippen LogP contribution in [-0.4, -0.2) is 26.5 Å². The molecule has 7 heteroatoms. The largest absolute Gasteiger partial charge is 0.368 e. The lowest BCUT2D eigenvalue weighted by Crippen LogP contribution is -2.23. The van der Waals surface area contributed by atoms with Gasteiger partial charge in [-0.1, -0.05) is 23.4 Å². The molecule has 1 fully saturated rings. The van der Waals surface area contributed by atoms with Gasteiger partial charge < -0.3 is 9.26 Å². The van der Waals surface area contributed by atoms with E-state index in [2.05, 4.69) is 15.2 Å². The minimum absolute atomic E-state index is 0.123. The molecule has 0 bridgehead atoms. The molecule has 1 aliphatic heterocycles. The molecular weight excluding hydrogens is 284 g/mol. The van der Waals surface area contributed by atoms with Crippen molar-refractivity contribution in [2.75, 3.05) is 6.61 Å². The molecule has 1 unspecified atom stereocenters. The molecule has 3 heterocycles. The first kappa shape index (κ1) is 13.1. The van der Waals surface area contributed by atoms with Gasteiger partial charge in [-0.25, -0.2) is 4.68 Å². The zero-order chi connectivity index (χ0) is 14.9. The first-order valence-electron chi connectivity index (χ1n) is 7.20. The van der Waals surface area contributed by atoms with Crippen LogP contribution in [-0.2, 0) is 11.3 Å². The maximum Gasteiger partial charge on any atom is 0.275 e. The topological polar surface area (TPSA) is 83.0 Å². The van der Waals surface area contributed by atoms with E-state index in [1.54, 1.807) is 12.3 Å². The summed E-state index contributed by atoms with van der Waals surface area (Å²) in [6, 6.07) is 7.35. The number of nitrogens with zero attached hydrogens (tertiary/aromatic N) is 4. The fraction of sp³-hybridized carbons (Fsp3) is 0.333. The van der Waals surface area contributed by atoms with Crippen LogP contribution in [0.3, 0.4) is 0 Å². The Labute approximate surface area is 125 Å². The molecule has 112 valence electrons. The van der Waals surface area contributed by atoms with Crippen LogP contribution in [0.2, 0.25) is 0 Å². The Morgan fingerprint density at radius 3 is 3.09 bits per heavy atom. The van der Waals surface area contributed by atoms with Crippen molar-refractivity contribution in [1.82, 2.24) is 19.9 Å². The highest BCUT2D eigenvalue weighted by Gasteiger charge is 2.24. The summed E-state index contributed by atoms with van der Waals surface area (Å²) in [5, 5.41) is 9.51. The molecule has 7 nitrogen and oxygen atoms in total. The number of benzene rings is 1. The summed E-state index contributed by atoms with van der Waals surface area (Å²) < 4.78 is 12.1. The fourth-order valence-electron chi connectivity index (χ4n) is 2.61. The van der Waals surface area contributed by atoms with Crippen molar-refractivity contribution < 1.29 is 9.26 Å². The van der Waals surface area contributed by atoms with E-state index in [1.165, 1.54) is 4.68 Å². The Bertz CT molecular complexity index is 864. The Kier molecular flexibility index (Phi) is 3.19. The molecule has 0 radical (unpaired) electrons. The van der Waals surface area contributed by atoms with Crippen molar-refractivity contribution in [1.29, 1.82) is 0 Å². The van der Waals surface area contributed by atoms with E-state index < -0.39 is 0 Å². The quantitative estimate of drug-likeness (QED) is 0.731. The molecule has 1 aromatic carbocycles. The third kappa shape index (κ3) is 2.29. The van der Waals surface area contributed by atoms with Crippen molar-refractivity contribution in [2.45, 2.75) is 25.5 Å². The molecule has 1 aliphatic rings. The van der Waals surface area contributed by atoms with E-state index in [9.17, 15) is 4.79 Å². The minimum Gasteiger partial charge on any atom is -0.368 e. The minimum atomic E-state index is -0.165. The summed E-state index contributed by atoms with van der Waals surface area (Å²) in [7, 11) is 0. The standard InChI is InChI=1S/C15H14N4O3/c20-15-11-5-2-1-4-10(11)8-16-19(15)9-13-17-14(22-18-13)12-6-3-7-21-12/h1-2,4-5,8,12H,3,6-7,9H2. The van der Waals surface area contributed by atoms with Crippen LogP contribution in [0.5, 0.6) is 0 Å². The van der Waals surface area contributed by atoms with Gasteiger partial charge in [0.2, 0.25) is 0 Å². The summed E-state index contributed by atoms with van der Waals surface area (Å²) in [4.78, 5) is 16.7. The average molecular weight is 298 g/mol. The van der Waals surface area contributed by atoms with Gasteiger partial charge in [0.15, 0.2) is 5.82 Å². The first-order valence-corrected chi connectivity index (χ1v) is 7.20. The summed E-state index contributed by atoms with van der Waals surface area (Å²) in [6.07, 6.45) is 3.42. The first-order chi connectivity index (χ1) is 10.8. The molecule has 1 atom stereocenters. The lowest BCUT2D eigenvalue weighted by Gasteiger charge is -2.03. The van der Waals surface area contributed by atoms with Gasteiger partial charge in [-0.3, -0.25) is 4.79 Å². The van der Waals surface area contributed by atoms with Crippen molar-refractivity contribution in [2.24, 2.45) is 0 Å². The van der Waals surface area contributed by atoms with Crippen molar-refractivity contribution >= 4 is 10.8 Å². The van der Waals surface area contributed by atoms with Crippen molar-refractivity contribution in [3.8, 4) is 0 Å². The van der Waals surface area contributed by atoms with Gasteiger partial charge in [-0.05, 0) is 18.9 Å². The maximum absolute atomic E-state index is 12.4. The highest BCUT2D eigenvalue weighted by Crippen LogP contribution is 2.26. The monoisotopic (exact) mass is 298 g/mol. The molecule has 3 aromatic rings. The number of fused-ring (bicyclic) bond motifs is 1. The van der Waals surface area contributed by atoms with Gasteiger partial charge in [-0.15, -0.1) is 0 Å². The van der Waals surface area contributed by atoms with E-state index in [0.717, 1.165) is 18.2 Å². The lowest BCUT2D eigenvalue weighted by atomic mass is 10.2. The van der Waals surface area contributed by atoms with Gasteiger partial charge in [-0.2, -0.15) is 10.1 Å². The smallest absolute Gasteiger partial charge is 0.275 e. The summed E-state index contributed by atoms with van der Waals surface area (Å²) in [6.45, 7) is 0.897. The number of aromatic nitrogens is 4. The number of hydrogen-bond acceptors (Lipinski definition) is 6. The van der Waals surface area contributed by atoms with Crippen molar-refractivity contribution in [3.63, 3.8) is 0 Å². The van der Waals surface area contributed by atoms with Gasteiger partial charge in [0.05, 0.1) is 11.6 Å². The Morgan fingerprint density at radius 1 is 1.32 bits per heavy atom. The van der Waals surface area contributed by atoms with Crippen LogP contribution in [0.25, 0.3) is 10.8 Å². The molecule has 1 saturated heterocycles. The maximum atomic E-state index is 12.4. The predicted molar refractivity (Wildman–Crippen MR) is 77.3 cm³/mol. The van der Waals surface area contributed by atoms with Crippen LogP contribution in [0, 0.1) is 0 Å². The van der Waals surface area contributed by atoms with Gasteiger partial charge in [0, 0.05) is 12.0 Å². The number of hydrogen-bond donors (Lipinski definition) is 0. The normalized spacial score (nSPS) is 18.1. The van der Waals surface area contributed by atoms with Gasteiger partial charge in [0.1, 0.15) is 12.6 Å². The van der Waals surface area contributed by atoms with Gasteiger partial charge >= 0.3 is 0 Å². The Hall–Kier alpha value is -2.54. The number of rotatable bonds is 3. The van der Waals surface area contributed by atoms with E-state index in [0.29, 0.717) is 23.7 Å². The second-order valence-corrected chi connectivity index (χ2v) is 5.25. The van der Waals surface area contributed by atoms with Crippen LogP contribution in [0.1, 0.15) is 30.7 Å². The molecule has 0 N–H and O–H groups in total. The van der Waals surface area contributed by atoms with Crippen LogP contribution >= 0.6 is 0 Å². The molecule has 2 aromatic heterocycles. The molecule has 0 spiro atoms. The third-order valence-corrected chi connectivity index (χ3v) is 3.74. The zero-order valence-corrected chi connectivity index (χ0v) is 11.8. The zero-order valence-electron chi connectivity index (χ0n) is 11.8. The third-order valence-electron chi connectivity index (χ3n) is 3.74. The Balaban J connectivity index is 1.63. The molecule has 4 rings (SSSR count). The number of ether oxygens (including phenoxy) is 1. The van der Waals surface area contributed by atoms with Gasteiger partial charge in [0.25, 0.3) is 11.4 Å². The summed E-state index contributed by atoms with van der Waals surface area (Å²) in [5.74, 6) is 0.900. The second kappa shape index (κ2) is 5.34. The average Bonchev–Trinajstić information content (AvgIpc) is 3.21. The summed E-state index contributed by atoms with van der Waals surface area (Å²) in [5.41, 5.74) is -0.165. The second-order valence-electron chi connectivity index (χ2n) is 5.25. The van der Waals surface area contributed by atoms with E-state index in [4.69, 9.17) is 9.26 Å². The molecule has 0 amide bonds. The summed E-state index contributed by atoms with van der Waals surface area (Å²) >= 11 is 0. The van der Waals surface area contributed by atoms with E-state index >= 15 is 0 Å². The highest BCUT2D eigenvalue weighted by molar-refractivity contribution is 5.80. The molecule has 0 saturated carbocycles. The van der Waals surface area contributed by atoms with E-state index in [1.807, 2.05) is 18.2 Å². The molecular formula is C15H14N4O3. The van der Waals surface area contributed by atoms with Crippen LogP contribution < -0.4 is 5.56 Å². The highest BCUT2D eigenvalue weighted by atomic mass is 16.5. The lowest BCUT2D eigenvalue weighted by molar-refractivity contribution is 0.0835. The van der Waals surface area contributed by atoms with E-state index in [-0.39, 0.29) is 18.2 Å². The van der Waals surface area contributed by atoms with Crippen LogP contribution in [0.4, 0.5) is 0 Å². The van der Waals surface area contributed by atoms with Crippen molar-refractivity contribution in [3.05, 3.63) is 52.5 Å². The SMILES string of the molecule is O=c1c2ccccc2cnn1Cc1noc(C2CCCO2)n1.